The smallest absolute Gasteiger partial charge is 0.325 e. The van der Waals surface area contributed by atoms with Gasteiger partial charge in [-0.25, -0.2) is 4.98 Å². The SMILES string of the molecule is CC(C)CC(NC(=O)C(Cc1cnc[nH]1)NC(=O)C(N)CC(N)=O)C(=O)NC(C)C(=O)O. The number of carbonyl (C=O) groups excluding carboxylic acids is 4. The van der Waals surface area contributed by atoms with Gasteiger partial charge in [0.2, 0.25) is 23.6 Å². The molecule has 1 aromatic rings. The molecule has 0 spiro atoms. The number of amides is 4. The van der Waals surface area contributed by atoms with Gasteiger partial charge in [-0.3, -0.25) is 24.0 Å². The van der Waals surface area contributed by atoms with E-state index >= 15 is 0 Å². The van der Waals surface area contributed by atoms with Crippen LogP contribution in [-0.2, 0) is 30.4 Å². The van der Waals surface area contributed by atoms with Gasteiger partial charge in [0.05, 0.1) is 18.8 Å². The maximum atomic E-state index is 13.0. The molecular weight excluding hydrogens is 422 g/mol. The molecule has 4 amide bonds. The quantitative estimate of drug-likeness (QED) is 0.172. The first-order chi connectivity index (χ1) is 14.9. The summed E-state index contributed by atoms with van der Waals surface area (Å²) >= 11 is 0. The number of aromatic nitrogens is 2. The molecule has 0 aliphatic heterocycles. The van der Waals surface area contributed by atoms with Gasteiger partial charge < -0.3 is 37.5 Å². The van der Waals surface area contributed by atoms with E-state index in [9.17, 15) is 24.0 Å². The Labute approximate surface area is 185 Å². The summed E-state index contributed by atoms with van der Waals surface area (Å²) in [5.41, 5.74) is 11.2. The minimum absolute atomic E-state index is 0.00239. The number of imidazole rings is 1. The number of primary amides is 1. The first kappa shape index (κ1) is 26.6. The molecule has 0 fully saturated rings. The van der Waals surface area contributed by atoms with Crippen molar-refractivity contribution >= 4 is 29.6 Å². The van der Waals surface area contributed by atoms with Gasteiger partial charge in [0.25, 0.3) is 0 Å². The zero-order valence-electron chi connectivity index (χ0n) is 18.3. The number of hydrogen-bond donors (Lipinski definition) is 7. The lowest BCUT2D eigenvalue weighted by Crippen LogP contribution is -2.57. The molecule has 0 saturated heterocycles. The number of carboxylic acid groups (broad SMARTS) is 1. The fourth-order valence-corrected chi connectivity index (χ4v) is 2.76. The van der Waals surface area contributed by atoms with Gasteiger partial charge in [0, 0.05) is 18.3 Å². The van der Waals surface area contributed by atoms with Crippen LogP contribution in [0.5, 0.6) is 0 Å². The van der Waals surface area contributed by atoms with Crippen LogP contribution in [0.4, 0.5) is 0 Å². The number of aliphatic carboxylic acids is 1. The lowest BCUT2D eigenvalue weighted by Gasteiger charge is -2.25. The molecule has 13 heteroatoms. The van der Waals surface area contributed by atoms with Crippen LogP contribution in [0.2, 0.25) is 0 Å². The van der Waals surface area contributed by atoms with Crippen LogP contribution in [0, 0.1) is 5.92 Å². The number of rotatable bonds is 13. The Morgan fingerprint density at radius 1 is 1.03 bits per heavy atom. The predicted octanol–water partition coefficient (Wildman–Crippen LogP) is -2.24. The highest BCUT2D eigenvalue weighted by atomic mass is 16.4. The van der Waals surface area contributed by atoms with E-state index in [-0.39, 0.29) is 18.8 Å². The number of carbonyl (C=O) groups is 5. The minimum Gasteiger partial charge on any atom is -0.480 e. The first-order valence-electron chi connectivity index (χ1n) is 10.1. The molecule has 0 bridgehead atoms. The molecule has 0 radical (unpaired) electrons. The van der Waals surface area contributed by atoms with Gasteiger partial charge in [-0.15, -0.1) is 0 Å². The predicted molar refractivity (Wildman–Crippen MR) is 113 cm³/mol. The second-order valence-corrected chi connectivity index (χ2v) is 7.88. The molecule has 1 heterocycles. The van der Waals surface area contributed by atoms with Crippen LogP contribution in [0.25, 0.3) is 0 Å². The van der Waals surface area contributed by atoms with Gasteiger partial charge in [0.1, 0.15) is 18.1 Å². The molecular formula is C19H31N7O6. The van der Waals surface area contributed by atoms with Gasteiger partial charge >= 0.3 is 5.97 Å². The summed E-state index contributed by atoms with van der Waals surface area (Å²) in [4.78, 5) is 66.6. The molecule has 0 aliphatic rings. The van der Waals surface area contributed by atoms with Crippen LogP contribution in [0.3, 0.4) is 0 Å². The second-order valence-electron chi connectivity index (χ2n) is 7.88. The van der Waals surface area contributed by atoms with Crippen molar-refractivity contribution < 1.29 is 29.1 Å². The van der Waals surface area contributed by atoms with Gasteiger partial charge in [0.15, 0.2) is 0 Å². The molecule has 1 rings (SSSR count). The van der Waals surface area contributed by atoms with Crippen molar-refractivity contribution in [2.24, 2.45) is 17.4 Å². The largest absolute Gasteiger partial charge is 0.480 e. The fourth-order valence-electron chi connectivity index (χ4n) is 2.76. The standard InChI is InChI=1S/C19H31N7O6/c1-9(2)4-13(17(29)24-10(3)19(31)32)26-18(30)14(5-11-7-22-8-23-11)25-16(28)12(20)6-15(21)27/h7-10,12-14H,4-6,20H2,1-3H3,(H2,21,27)(H,22,23)(H,24,29)(H,25,28)(H,26,30)(H,31,32). The molecule has 9 N–H and O–H groups in total. The number of aromatic amines is 1. The number of nitrogens with two attached hydrogens (primary N) is 2. The van der Waals surface area contributed by atoms with Crippen molar-refractivity contribution in [3.63, 3.8) is 0 Å². The average molecular weight is 454 g/mol. The third kappa shape index (κ3) is 9.12. The summed E-state index contributed by atoms with van der Waals surface area (Å²) in [5, 5.41) is 16.4. The Balaban J connectivity index is 3.00. The first-order valence-corrected chi connectivity index (χ1v) is 10.1. The normalized spacial score (nSPS) is 14.7. The Morgan fingerprint density at radius 3 is 2.12 bits per heavy atom. The van der Waals surface area contributed by atoms with E-state index in [2.05, 4.69) is 25.9 Å². The third-order valence-corrected chi connectivity index (χ3v) is 4.44. The van der Waals surface area contributed by atoms with Crippen LogP contribution in [0.1, 0.15) is 39.3 Å². The molecule has 32 heavy (non-hydrogen) atoms. The van der Waals surface area contributed by atoms with Crippen molar-refractivity contribution in [1.82, 2.24) is 25.9 Å². The maximum Gasteiger partial charge on any atom is 0.325 e. The number of carboxylic acids is 1. The molecule has 0 aromatic carbocycles. The van der Waals surface area contributed by atoms with Gasteiger partial charge in [-0.05, 0) is 19.3 Å². The number of nitrogens with one attached hydrogen (secondary N) is 4. The van der Waals surface area contributed by atoms with Crippen LogP contribution < -0.4 is 27.4 Å². The number of hydrogen-bond acceptors (Lipinski definition) is 7. The highest BCUT2D eigenvalue weighted by Gasteiger charge is 2.30. The summed E-state index contributed by atoms with van der Waals surface area (Å²) in [7, 11) is 0. The average Bonchev–Trinajstić information content (AvgIpc) is 3.18. The molecule has 4 unspecified atom stereocenters. The lowest BCUT2D eigenvalue weighted by molar-refractivity contribution is -0.141. The Kier molecular flexibility index (Phi) is 10.3. The summed E-state index contributed by atoms with van der Waals surface area (Å²) in [5.74, 6) is -4.13. The maximum absolute atomic E-state index is 13.0. The third-order valence-electron chi connectivity index (χ3n) is 4.44. The summed E-state index contributed by atoms with van der Waals surface area (Å²) < 4.78 is 0. The monoisotopic (exact) mass is 453 g/mol. The van der Waals surface area contributed by atoms with E-state index in [1.54, 1.807) is 0 Å². The molecule has 4 atom stereocenters. The van der Waals surface area contributed by atoms with Crippen molar-refractivity contribution in [3.8, 4) is 0 Å². The molecule has 0 aliphatic carbocycles. The Bertz CT molecular complexity index is 811. The van der Waals surface area contributed by atoms with E-state index in [0.29, 0.717) is 5.69 Å². The van der Waals surface area contributed by atoms with E-state index in [1.165, 1.54) is 19.4 Å². The molecule has 178 valence electrons. The Hall–Kier alpha value is -3.48. The van der Waals surface area contributed by atoms with E-state index in [1.807, 2.05) is 13.8 Å². The summed E-state index contributed by atoms with van der Waals surface area (Å²) in [6.45, 7) is 4.97. The van der Waals surface area contributed by atoms with Crippen LogP contribution in [0.15, 0.2) is 12.5 Å². The zero-order valence-corrected chi connectivity index (χ0v) is 18.3. The topological polar surface area (TPSA) is 222 Å². The fraction of sp³-hybridized carbons (Fsp3) is 0.579. The van der Waals surface area contributed by atoms with Crippen molar-refractivity contribution in [1.29, 1.82) is 0 Å². The molecule has 0 saturated carbocycles. The number of H-pyrrole nitrogens is 1. The van der Waals surface area contributed by atoms with Gasteiger partial charge in [-0.2, -0.15) is 0 Å². The highest BCUT2D eigenvalue weighted by molar-refractivity contribution is 5.95. The van der Waals surface area contributed by atoms with Gasteiger partial charge in [-0.1, -0.05) is 13.8 Å². The van der Waals surface area contributed by atoms with E-state index < -0.39 is 60.2 Å². The lowest BCUT2D eigenvalue weighted by atomic mass is 10.0. The van der Waals surface area contributed by atoms with E-state index in [0.717, 1.165) is 0 Å². The van der Waals surface area contributed by atoms with Crippen molar-refractivity contribution in [2.75, 3.05) is 0 Å². The van der Waals surface area contributed by atoms with Crippen LogP contribution >= 0.6 is 0 Å². The number of nitrogens with zero attached hydrogens (tertiary/aromatic N) is 1. The minimum atomic E-state index is -1.25. The van der Waals surface area contributed by atoms with Crippen molar-refractivity contribution in [2.45, 2.75) is 64.2 Å². The molecule has 1 aromatic heterocycles. The zero-order chi connectivity index (χ0) is 24.4. The molecule has 13 nitrogen and oxygen atoms in total. The Morgan fingerprint density at radius 2 is 1.62 bits per heavy atom. The van der Waals surface area contributed by atoms with Crippen LogP contribution in [-0.4, -0.2) is 68.8 Å². The summed E-state index contributed by atoms with van der Waals surface area (Å²) in [6, 6.07) is -4.59. The second kappa shape index (κ2) is 12.4. The highest BCUT2D eigenvalue weighted by Crippen LogP contribution is 2.07. The van der Waals surface area contributed by atoms with E-state index in [4.69, 9.17) is 16.6 Å². The summed E-state index contributed by atoms with van der Waals surface area (Å²) in [6.07, 6.45) is 2.68. The van der Waals surface area contributed by atoms with Crippen molar-refractivity contribution in [3.05, 3.63) is 18.2 Å².